The van der Waals surface area contributed by atoms with Crippen molar-refractivity contribution in [2.24, 2.45) is 19.8 Å². The maximum Gasteiger partial charge on any atom is 0.332 e. The van der Waals surface area contributed by atoms with Crippen LogP contribution in [0.2, 0.25) is 0 Å². The summed E-state index contributed by atoms with van der Waals surface area (Å²) in [4.78, 5) is 29.8. The van der Waals surface area contributed by atoms with Crippen molar-refractivity contribution in [3.05, 3.63) is 54.9 Å². The van der Waals surface area contributed by atoms with E-state index in [-0.39, 0.29) is 17.6 Å². The monoisotopic (exact) mass is 435 g/mol. The number of nitrogens with one attached hydrogen (secondary N) is 1. The zero-order chi connectivity index (χ0) is 19.9. The van der Waals surface area contributed by atoms with Gasteiger partial charge in [-0.3, -0.25) is 13.9 Å². The minimum absolute atomic E-state index is 0.0789. The van der Waals surface area contributed by atoms with Gasteiger partial charge in [0, 0.05) is 48.3 Å². The van der Waals surface area contributed by atoms with Gasteiger partial charge in [0.15, 0.2) is 5.65 Å². The molecule has 0 saturated heterocycles. The Morgan fingerprint density at radius 1 is 1.26 bits per heavy atom. The molecule has 9 heteroatoms. The van der Waals surface area contributed by atoms with Gasteiger partial charge in [0.1, 0.15) is 11.6 Å². The molecule has 0 spiro atoms. The second-order valence-corrected chi connectivity index (χ2v) is 6.93. The lowest BCUT2D eigenvalue weighted by molar-refractivity contribution is 0.628. The SMILES string of the molecule is CCNc1nc2c(c(-c3cc(F)ccc3Br)c1CN)c(=O)n(C)c(=O)n2C. The van der Waals surface area contributed by atoms with Crippen molar-refractivity contribution in [3.63, 3.8) is 0 Å². The van der Waals surface area contributed by atoms with Crippen LogP contribution in [-0.2, 0) is 20.6 Å². The summed E-state index contributed by atoms with van der Waals surface area (Å²) in [5, 5.41) is 3.34. The van der Waals surface area contributed by atoms with Crippen molar-refractivity contribution in [1.82, 2.24) is 14.1 Å². The minimum atomic E-state index is -0.510. The number of hydrogen-bond donors (Lipinski definition) is 2. The van der Waals surface area contributed by atoms with Crippen LogP contribution in [0.4, 0.5) is 10.2 Å². The fourth-order valence-corrected chi connectivity index (χ4v) is 3.57. The van der Waals surface area contributed by atoms with E-state index in [0.29, 0.717) is 33.5 Å². The summed E-state index contributed by atoms with van der Waals surface area (Å²) in [6.45, 7) is 2.54. The highest BCUT2D eigenvalue weighted by Gasteiger charge is 2.23. The molecule has 0 aliphatic rings. The lowest BCUT2D eigenvalue weighted by Gasteiger charge is -2.19. The Morgan fingerprint density at radius 3 is 2.59 bits per heavy atom. The number of anilines is 1. The van der Waals surface area contributed by atoms with Crippen molar-refractivity contribution in [1.29, 1.82) is 0 Å². The Morgan fingerprint density at radius 2 is 1.96 bits per heavy atom. The number of pyridine rings is 1. The summed E-state index contributed by atoms with van der Waals surface area (Å²) in [5.74, 6) is 0.00897. The molecule has 142 valence electrons. The van der Waals surface area contributed by atoms with Crippen LogP contribution in [0, 0.1) is 5.82 Å². The van der Waals surface area contributed by atoms with Crippen LogP contribution in [0.15, 0.2) is 32.3 Å². The smallest absolute Gasteiger partial charge is 0.332 e. The van der Waals surface area contributed by atoms with E-state index in [1.54, 1.807) is 13.1 Å². The molecule has 27 heavy (non-hydrogen) atoms. The molecule has 0 aliphatic heterocycles. The van der Waals surface area contributed by atoms with E-state index in [1.807, 2.05) is 6.92 Å². The van der Waals surface area contributed by atoms with Gasteiger partial charge in [-0.1, -0.05) is 15.9 Å². The quantitative estimate of drug-likeness (QED) is 0.653. The van der Waals surface area contributed by atoms with Crippen LogP contribution in [0.5, 0.6) is 0 Å². The van der Waals surface area contributed by atoms with Crippen molar-refractivity contribution >= 4 is 32.8 Å². The lowest BCUT2D eigenvalue weighted by atomic mass is 9.97. The van der Waals surface area contributed by atoms with Crippen LogP contribution in [-0.4, -0.2) is 20.7 Å². The van der Waals surface area contributed by atoms with Gasteiger partial charge >= 0.3 is 5.69 Å². The van der Waals surface area contributed by atoms with Gasteiger partial charge in [-0.15, -0.1) is 0 Å². The highest BCUT2D eigenvalue weighted by atomic mass is 79.9. The number of benzene rings is 1. The average molecular weight is 436 g/mol. The Bertz CT molecular complexity index is 1170. The maximum atomic E-state index is 14.0. The van der Waals surface area contributed by atoms with Crippen LogP contribution < -0.4 is 22.3 Å². The van der Waals surface area contributed by atoms with E-state index in [2.05, 4.69) is 26.2 Å². The normalized spacial score (nSPS) is 11.2. The molecule has 0 fully saturated rings. The molecule has 2 heterocycles. The Labute approximate surface area is 162 Å². The first-order chi connectivity index (χ1) is 12.8. The molecule has 0 atom stereocenters. The summed E-state index contributed by atoms with van der Waals surface area (Å²) in [7, 11) is 2.94. The van der Waals surface area contributed by atoms with Crippen LogP contribution in [0.25, 0.3) is 22.2 Å². The highest BCUT2D eigenvalue weighted by molar-refractivity contribution is 9.10. The van der Waals surface area contributed by atoms with Gasteiger partial charge in [-0.25, -0.2) is 14.2 Å². The van der Waals surface area contributed by atoms with E-state index in [0.717, 1.165) is 4.57 Å². The van der Waals surface area contributed by atoms with Crippen molar-refractivity contribution < 1.29 is 4.39 Å². The molecule has 0 aliphatic carbocycles. The number of aryl methyl sites for hydroxylation is 1. The maximum absolute atomic E-state index is 14.0. The Hall–Kier alpha value is -2.52. The third kappa shape index (κ3) is 3.06. The fraction of sp³-hybridized carbons (Fsp3) is 0.278. The van der Waals surface area contributed by atoms with E-state index in [1.165, 1.54) is 23.7 Å². The van der Waals surface area contributed by atoms with Crippen LogP contribution in [0.3, 0.4) is 0 Å². The van der Waals surface area contributed by atoms with Gasteiger partial charge in [-0.05, 0) is 25.1 Å². The first-order valence-corrected chi connectivity index (χ1v) is 9.13. The van der Waals surface area contributed by atoms with Gasteiger partial charge < -0.3 is 11.1 Å². The number of halogens is 2. The van der Waals surface area contributed by atoms with Gasteiger partial charge in [-0.2, -0.15) is 0 Å². The van der Waals surface area contributed by atoms with E-state index < -0.39 is 17.1 Å². The number of fused-ring (bicyclic) bond motifs is 1. The van der Waals surface area contributed by atoms with Crippen molar-refractivity contribution in [2.45, 2.75) is 13.5 Å². The van der Waals surface area contributed by atoms with Crippen molar-refractivity contribution in [3.8, 4) is 11.1 Å². The average Bonchev–Trinajstić information content (AvgIpc) is 2.65. The molecule has 0 unspecified atom stereocenters. The van der Waals surface area contributed by atoms with Gasteiger partial charge in [0.25, 0.3) is 5.56 Å². The zero-order valence-electron chi connectivity index (χ0n) is 15.1. The molecule has 3 rings (SSSR count). The fourth-order valence-electron chi connectivity index (χ4n) is 3.12. The first-order valence-electron chi connectivity index (χ1n) is 8.33. The second-order valence-electron chi connectivity index (χ2n) is 6.08. The molecule has 0 radical (unpaired) electrons. The third-order valence-electron chi connectivity index (χ3n) is 4.44. The summed E-state index contributed by atoms with van der Waals surface area (Å²) < 4.78 is 16.9. The van der Waals surface area contributed by atoms with E-state index in [9.17, 15) is 14.0 Å². The largest absolute Gasteiger partial charge is 0.370 e. The van der Waals surface area contributed by atoms with Gasteiger partial charge in [0.05, 0.1) is 5.39 Å². The Kier molecular flexibility index (Phi) is 5.16. The minimum Gasteiger partial charge on any atom is -0.370 e. The summed E-state index contributed by atoms with van der Waals surface area (Å²) in [6.07, 6.45) is 0. The molecule has 3 N–H and O–H groups in total. The molecular weight excluding hydrogens is 417 g/mol. The summed E-state index contributed by atoms with van der Waals surface area (Å²) >= 11 is 3.43. The van der Waals surface area contributed by atoms with E-state index in [4.69, 9.17) is 5.73 Å². The standard InChI is InChI=1S/C18H19BrFN5O2/c1-4-22-15-11(8-21)13(10-7-9(20)5-6-12(10)19)14-16(23-15)24(2)18(27)25(3)17(14)26/h5-7H,4,8,21H2,1-3H3,(H,22,23). The molecule has 1 aromatic carbocycles. The number of nitrogens with zero attached hydrogens (tertiary/aromatic N) is 3. The molecule has 7 nitrogen and oxygen atoms in total. The predicted molar refractivity (Wildman–Crippen MR) is 107 cm³/mol. The summed E-state index contributed by atoms with van der Waals surface area (Å²) in [6, 6.07) is 4.22. The lowest BCUT2D eigenvalue weighted by Crippen LogP contribution is -2.38. The summed E-state index contributed by atoms with van der Waals surface area (Å²) in [5.41, 5.74) is 6.70. The molecule has 0 bridgehead atoms. The van der Waals surface area contributed by atoms with Crippen LogP contribution in [0.1, 0.15) is 12.5 Å². The zero-order valence-corrected chi connectivity index (χ0v) is 16.7. The molecule has 0 saturated carbocycles. The highest BCUT2D eigenvalue weighted by Crippen LogP contribution is 2.37. The number of rotatable bonds is 4. The molecule has 0 amide bonds. The predicted octanol–water partition coefficient (Wildman–Crippen LogP) is 2.09. The first kappa shape index (κ1) is 19.2. The number of aromatic nitrogens is 3. The number of nitrogens with two attached hydrogens (primary N) is 1. The topological polar surface area (TPSA) is 94.9 Å². The van der Waals surface area contributed by atoms with Crippen molar-refractivity contribution in [2.75, 3.05) is 11.9 Å². The second kappa shape index (κ2) is 7.24. The third-order valence-corrected chi connectivity index (χ3v) is 5.13. The van der Waals surface area contributed by atoms with Gasteiger partial charge in [0.2, 0.25) is 0 Å². The molecule has 3 aromatic rings. The molecule has 2 aromatic heterocycles. The number of hydrogen-bond acceptors (Lipinski definition) is 5. The molecular formula is C18H19BrFN5O2. The van der Waals surface area contributed by atoms with E-state index >= 15 is 0 Å². The Balaban J connectivity index is 2.66. The van der Waals surface area contributed by atoms with Crippen LogP contribution >= 0.6 is 15.9 Å².